The van der Waals surface area contributed by atoms with Crippen molar-refractivity contribution in [3.8, 4) is 0 Å². The van der Waals surface area contributed by atoms with E-state index in [9.17, 15) is 4.79 Å². The van der Waals surface area contributed by atoms with E-state index in [0.717, 1.165) is 37.9 Å². The molecule has 3 rings (SSSR count). The minimum absolute atomic E-state index is 0.0374. The summed E-state index contributed by atoms with van der Waals surface area (Å²) in [6.07, 6.45) is 6.61. The van der Waals surface area contributed by atoms with Gasteiger partial charge < -0.3 is 10.2 Å². The molecule has 4 heteroatoms. The zero-order valence-electron chi connectivity index (χ0n) is 13.6. The van der Waals surface area contributed by atoms with Crippen LogP contribution in [0.3, 0.4) is 0 Å². The molecule has 23 heavy (non-hydrogen) atoms. The maximum Gasteiger partial charge on any atom is 0.225 e. The maximum atomic E-state index is 11.8. The second-order valence-corrected chi connectivity index (χ2v) is 5.94. The third-order valence-corrected chi connectivity index (χ3v) is 4.19. The monoisotopic (exact) mass is 309 g/mol. The Morgan fingerprint density at radius 2 is 2.13 bits per heavy atom. The fourth-order valence-electron chi connectivity index (χ4n) is 2.96. The minimum atomic E-state index is 0.0374. The number of unbranched alkanes of at least 4 members (excludes halogenated alkanes) is 1. The van der Waals surface area contributed by atoms with Crippen molar-refractivity contribution in [2.75, 3.05) is 16.8 Å². The van der Waals surface area contributed by atoms with Crippen molar-refractivity contribution < 1.29 is 4.79 Å². The Balaban J connectivity index is 1.72. The molecule has 0 radical (unpaired) electrons. The number of benzene rings is 1. The lowest BCUT2D eigenvalue weighted by molar-refractivity contribution is -0.116. The van der Waals surface area contributed by atoms with Crippen LogP contribution in [-0.2, 0) is 11.2 Å². The molecule has 1 aliphatic heterocycles. The molecule has 4 nitrogen and oxygen atoms in total. The van der Waals surface area contributed by atoms with E-state index in [-0.39, 0.29) is 5.91 Å². The van der Waals surface area contributed by atoms with Crippen molar-refractivity contribution in [2.45, 2.75) is 39.0 Å². The van der Waals surface area contributed by atoms with Gasteiger partial charge in [0.15, 0.2) is 0 Å². The summed E-state index contributed by atoms with van der Waals surface area (Å²) >= 11 is 0. The van der Waals surface area contributed by atoms with E-state index in [1.54, 1.807) is 0 Å². The van der Waals surface area contributed by atoms with Crippen LogP contribution in [0.1, 0.15) is 38.2 Å². The SMILES string of the molecule is CCCCC(=O)Nc1ccc(N2CCCc3ccccc32)cn1. The van der Waals surface area contributed by atoms with Crippen molar-refractivity contribution in [1.29, 1.82) is 0 Å². The Kier molecular flexibility index (Phi) is 4.91. The highest BCUT2D eigenvalue weighted by Crippen LogP contribution is 2.33. The first-order valence-electron chi connectivity index (χ1n) is 8.39. The molecule has 1 aromatic carbocycles. The summed E-state index contributed by atoms with van der Waals surface area (Å²) in [7, 11) is 0. The van der Waals surface area contributed by atoms with Crippen LogP contribution in [0.25, 0.3) is 0 Å². The average Bonchev–Trinajstić information content (AvgIpc) is 2.60. The largest absolute Gasteiger partial charge is 0.340 e. The molecule has 0 atom stereocenters. The zero-order valence-corrected chi connectivity index (χ0v) is 13.6. The molecule has 0 fully saturated rings. The summed E-state index contributed by atoms with van der Waals surface area (Å²) in [6.45, 7) is 3.08. The van der Waals surface area contributed by atoms with Gasteiger partial charge in [-0.2, -0.15) is 0 Å². The van der Waals surface area contributed by atoms with E-state index in [1.807, 2.05) is 18.3 Å². The van der Waals surface area contributed by atoms with E-state index >= 15 is 0 Å². The molecule has 2 heterocycles. The topological polar surface area (TPSA) is 45.2 Å². The quantitative estimate of drug-likeness (QED) is 0.896. The van der Waals surface area contributed by atoms with Gasteiger partial charge >= 0.3 is 0 Å². The number of carbonyl (C=O) groups is 1. The van der Waals surface area contributed by atoms with Gasteiger partial charge in [0.1, 0.15) is 5.82 Å². The van der Waals surface area contributed by atoms with E-state index < -0.39 is 0 Å². The van der Waals surface area contributed by atoms with Crippen LogP contribution in [0.2, 0.25) is 0 Å². The van der Waals surface area contributed by atoms with E-state index in [1.165, 1.54) is 11.3 Å². The fraction of sp³-hybridized carbons (Fsp3) is 0.368. The summed E-state index contributed by atoms with van der Waals surface area (Å²) < 4.78 is 0. The number of anilines is 3. The van der Waals surface area contributed by atoms with Crippen LogP contribution in [-0.4, -0.2) is 17.4 Å². The predicted molar refractivity (Wildman–Crippen MR) is 94.2 cm³/mol. The molecule has 1 aliphatic rings. The Hall–Kier alpha value is -2.36. The number of para-hydroxylation sites is 1. The number of nitrogens with one attached hydrogen (secondary N) is 1. The van der Waals surface area contributed by atoms with Crippen molar-refractivity contribution >= 4 is 23.1 Å². The zero-order chi connectivity index (χ0) is 16.1. The Labute approximate surface area is 137 Å². The van der Waals surface area contributed by atoms with Gasteiger partial charge in [-0.05, 0) is 43.0 Å². The molecule has 120 valence electrons. The minimum Gasteiger partial charge on any atom is -0.340 e. The molecule has 0 saturated heterocycles. The number of rotatable bonds is 5. The number of carbonyl (C=O) groups excluding carboxylic acids is 1. The number of amides is 1. The lowest BCUT2D eigenvalue weighted by Crippen LogP contribution is -2.24. The first-order chi connectivity index (χ1) is 11.3. The highest BCUT2D eigenvalue weighted by atomic mass is 16.1. The number of aromatic nitrogens is 1. The van der Waals surface area contributed by atoms with Gasteiger partial charge in [-0.3, -0.25) is 4.79 Å². The van der Waals surface area contributed by atoms with Gasteiger partial charge in [-0.1, -0.05) is 31.5 Å². The molecule has 0 unspecified atom stereocenters. The van der Waals surface area contributed by atoms with Gasteiger partial charge in [-0.25, -0.2) is 4.98 Å². The smallest absolute Gasteiger partial charge is 0.225 e. The Bertz CT molecular complexity index is 667. The number of fused-ring (bicyclic) bond motifs is 1. The summed E-state index contributed by atoms with van der Waals surface area (Å²) in [5.41, 5.74) is 3.72. The van der Waals surface area contributed by atoms with Crippen LogP contribution in [0.15, 0.2) is 42.6 Å². The Morgan fingerprint density at radius 3 is 2.91 bits per heavy atom. The number of hydrogen-bond acceptors (Lipinski definition) is 3. The van der Waals surface area contributed by atoms with Gasteiger partial charge in [0.25, 0.3) is 0 Å². The van der Waals surface area contributed by atoms with Gasteiger partial charge in [0.2, 0.25) is 5.91 Å². The third kappa shape index (κ3) is 3.70. The fourth-order valence-corrected chi connectivity index (χ4v) is 2.96. The molecule has 0 aliphatic carbocycles. The highest BCUT2D eigenvalue weighted by molar-refractivity contribution is 5.89. The normalized spacial score (nSPS) is 13.5. The number of nitrogens with zero attached hydrogens (tertiary/aromatic N) is 2. The van der Waals surface area contributed by atoms with Crippen molar-refractivity contribution in [3.63, 3.8) is 0 Å². The molecular formula is C19H23N3O. The molecule has 0 saturated carbocycles. The van der Waals surface area contributed by atoms with Crippen LogP contribution >= 0.6 is 0 Å². The highest BCUT2D eigenvalue weighted by Gasteiger charge is 2.17. The van der Waals surface area contributed by atoms with Gasteiger partial charge in [-0.15, -0.1) is 0 Å². The Morgan fingerprint density at radius 1 is 1.26 bits per heavy atom. The second-order valence-electron chi connectivity index (χ2n) is 5.94. The van der Waals surface area contributed by atoms with Crippen LogP contribution < -0.4 is 10.2 Å². The molecule has 0 spiro atoms. The maximum absolute atomic E-state index is 11.8. The lowest BCUT2D eigenvalue weighted by atomic mass is 10.0. The van der Waals surface area contributed by atoms with E-state index in [0.29, 0.717) is 12.2 Å². The number of hydrogen-bond donors (Lipinski definition) is 1. The molecule has 1 aromatic heterocycles. The van der Waals surface area contributed by atoms with Crippen LogP contribution in [0.4, 0.5) is 17.2 Å². The number of pyridine rings is 1. The van der Waals surface area contributed by atoms with Crippen molar-refractivity contribution in [1.82, 2.24) is 4.98 Å². The summed E-state index contributed by atoms with van der Waals surface area (Å²) in [6, 6.07) is 12.4. The van der Waals surface area contributed by atoms with E-state index in [2.05, 4.69) is 46.4 Å². The third-order valence-electron chi connectivity index (χ3n) is 4.19. The molecule has 2 aromatic rings. The first kappa shape index (κ1) is 15.5. The molecule has 1 amide bonds. The first-order valence-corrected chi connectivity index (χ1v) is 8.39. The van der Waals surface area contributed by atoms with Gasteiger partial charge in [0.05, 0.1) is 11.9 Å². The average molecular weight is 309 g/mol. The predicted octanol–water partition coefficient (Wildman–Crippen LogP) is 4.29. The van der Waals surface area contributed by atoms with Gasteiger partial charge in [0, 0.05) is 18.7 Å². The summed E-state index contributed by atoms with van der Waals surface area (Å²) in [5.74, 6) is 0.663. The van der Waals surface area contributed by atoms with Crippen LogP contribution in [0, 0.1) is 0 Å². The van der Waals surface area contributed by atoms with Crippen molar-refractivity contribution in [2.24, 2.45) is 0 Å². The molecule has 1 N–H and O–H groups in total. The number of aryl methyl sites for hydroxylation is 1. The second kappa shape index (κ2) is 7.27. The van der Waals surface area contributed by atoms with Crippen molar-refractivity contribution in [3.05, 3.63) is 48.2 Å². The molecular weight excluding hydrogens is 286 g/mol. The summed E-state index contributed by atoms with van der Waals surface area (Å²) in [4.78, 5) is 18.5. The standard InChI is InChI=1S/C19H23N3O/c1-2-3-10-19(23)21-18-12-11-16(14-20-18)22-13-6-8-15-7-4-5-9-17(15)22/h4-5,7,9,11-12,14H,2-3,6,8,10,13H2,1H3,(H,20,21,23). The van der Waals surface area contributed by atoms with E-state index in [4.69, 9.17) is 0 Å². The summed E-state index contributed by atoms with van der Waals surface area (Å²) in [5, 5.41) is 2.86. The molecule has 0 bridgehead atoms. The van der Waals surface area contributed by atoms with Crippen LogP contribution in [0.5, 0.6) is 0 Å². The lowest BCUT2D eigenvalue weighted by Gasteiger charge is -2.31.